The monoisotopic (exact) mass is 2010 g/mol. The lowest BCUT2D eigenvalue weighted by Gasteiger charge is -2.27. The molecule has 0 saturated carbocycles. The highest BCUT2D eigenvalue weighted by atomic mass is 16.5. The van der Waals surface area contributed by atoms with Crippen LogP contribution < -0.4 is 21.7 Å². The van der Waals surface area contributed by atoms with Gasteiger partial charge in [0.2, 0.25) is 11.8 Å². The fourth-order valence-corrected chi connectivity index (χ4v) is 20.4. The Bertz CT molecular complexity index is 2330. The highest BCUT2D eigenvalue weighted by Gasteiger charge is 2.18. The minimum Gasteiger partial charge on any atom is -0.466 e. The molecule has 0 aromatic heterocycles. The van der Waals surface area contributed by atoms with Gasteiger partial charge in [0.15, 0.2) is 0 Å². The van der Waals surface area contributed by atoms with Crippen molar-refractivity contribution in [2.45, 2.75) is 684 Å². The van der Waals surface area contributed by atoms with E-state index in [4.69, 9.17) is 10.5 Å². The van der Waals surface area contributed by atoms with Gasteiger partial charge in [-0.25, -0.2) is 0 Å². The number of amides is 2. The molecule has 0 aliphatic carbocycles. The third-order valence-electron chi connectivity index (χ3n) is 30.1. The number of unbranched alkanes of at least 4 members (excludes halogenated alkanes) is 80. The van der Waals surface area contributed by atoms with Crippen molar-refractivity contribution >= 4 is 17.8 Å². The van der Waals surface area contributed by atoms with Crippen molar-refractivity contribution in [3.63, 3.8) is 0 Å². The largest absolute Gasteiger partial charge is 0.466 e. The quantitative estimate of drug-likeness (QED) is 0.0225. The van der Waals surface area contributed by atoms with Gasteiger partial charge < -0.3 is 61.3 Å². The molecule has 0 aliphatic rings. The Balaban J connectivity index is -0.00000230. The number of nitrogens with one attached hydrogen (secondary N) is 3. The van der Waals surface area contributed by atoms with E-state index < -0.39 is 6.10 Å². The van der Waals surface area contributed by atoms with Crippen LogP contribution in [-0.2, 0) is 19.1 Å². The fourth-order valence-electron chi connectivity index (χ4n) is 20.4. The van der Waals surface area contributed by atoms with Gasteiger partial charge in [0.25, 0.3) is 0 Å². The molecule has 852 valence electrons. The van der Waals surface area contributed by atoms with Crippen molar-refractivity contribution in [2.24, 2.45) is 5.73 Å². The van der Waals surface area contributed by atoms with Gasteiger partial charge in [-0.2, -0.15) is 0 Å². The molecule has 8 N–H and O–H groups in total. The van der Waals surface area contributed by atoms with Crippen LogP contribution in [0.25, 0.3) is 0 Å². The Morgan fingerprint density at radius 3 is 0.704 bits per heavy atom. The van der Waals surface area contributed by atoms with Crippen LogP contribution >= 0.6 is 0 Å². The first-order valence-electron chi connectivity index (χ1n) is 64.9. The summed E-state index contributed by atoms with van der Waals surface area (Å²) < 4.78 is 5.70. The van der Waals surface area contributed by atoms with Gasteiger partial charge in [-0.3, -0.25) is 14.4 Å². The Kier molecular flexibility index (Phi) is 130. The normalized spacial score (nSPS) is 12.3. The number of hydrogen-bond acceptors (Lipinski definition) is 13. The number of aliphatic hydroxyl groups excluding tert-OH is 3. The van der Waals surface area contributed by atoms with Crippen molar-refractivity contribution in [1.82, 2.24) is 35.6 Å². The number of ether oxygens (including phenoxy) is 1. The Morgan fingerprint density at radius 1 is 0.232 bits per heavy atom. The maximum Gasteiger partial charge on any atom is 0.307 e. The Morgan fingerprint density at radius 2 is 0.451 bits per heavy atom. The third kappa shape index (κ3) is 123. The summed E-state index contributed by atoms with van der Waals surface area (Å²) in [6.45, 7) is 35.6. The number of likely N-dealkylation sites (N-methyl/N-ethyl adjacent to an activating group) is 1. The van der Waals surface area contributed by atoms with E-state index in [1.165, 1.54) is 520 Å². The summed E-state index contributed by atoms with van der Waals surface area (Å²) >= 11 is 0. The van der Waals surface area contributed by atoms with Crippen LogP contribution in [0.3, 0.4) is 0 Å². The first-order chi connectivity index (χ1) is 69.8. The number of aliphatic hydroxyl groups is 3. The average Bonchev–Trinajstić information content (AvgIpc) is 0.955. The van der Waals surface area contributed by atoms with Crippen LogP contribution in [0.15, 0.2) is 0 Å². The molecule has 0 saturated heterocycles. The van der Waals surface area contributed by atoms with Gasteiger partial charge in [0.05, 0.1) is 31.3 Å². The predicted molar refractivity (Wildman–Crippen MR) is 628 cm³/mol. The van der Waals surface area contributed by atoms with E-state index in [0.29, 0.717) is 45.5 Å². The minimum atomic E-state index is -0.444. The van der Waals surface area contributed by atoms with Gasteiger partial charge in [0, 0.05) is 65.2 Å². The second-order valence-corrected chi connectivity index (χ2v) is 44.7. The first-order valence-corrected chi connectivity index (χ1v) is 64.9. The molecule has 15 nitrogen and oxygen atoms in total. The van der Waals surface area contributed by atoms with Crippen LogP contribution in [0.1, 0.15) is 666 Å². The van der Waals surface area contributed by atoms with Crippen molar-refractivity contribution in [3.8, 4) is 0 Å². The lowest BCUT2D eigenvalue weighted by molar-refractivity contribution is -0.144. The number of carbonyl (C=O) groups is 3. The fraction of sp³-hybridized carbons (Fsp3) is 0.976. The lowest BCUT2D eigenvalue weighted by Crippen LogP contribution is -2.39. The molecule has 0 spiro atoms. The van der Waals surface area contributed by atoms with Gasteiger partial charge in [-0.05, 0) is 142 Å². The number of hydrogen-bond donors (Lipinski definition) is 7. The number of nitrogens with zero attached hydrogens (tertiary/aromatic N) is 4. The number of carbonyl (C=O) groups excluding carboxylic acids is 3. The van der Waals surface area contributed by atoms with E-state index in [1.807, 2.05) is 6.92 Å². The molecule has 0 aromatic carbocycles. The molecular weight excluding hydrogens is 1750 g/mol. The van der Waals surface area contributed by atoms with Crippen molar-refractivity contribution < 1.29 is 34.4 Å². The van der Waals surface area contributed by atoms with Crippen LogP contribution in [0.2, 0.25) is 0 Å². The lowest BCUT2D eigenvalue weighted by atomic mass is 10.0. The first kappa shape index (κ1) is 144. The smallest absolute Gasteiger partial charge is 0.307 e. The average molecular weight is 2010 g/mol. The molecule has 15 heteroatoms. The molecule has 0 heterocycles. The summed E-state index contributed by atoms with van der Waals surface area (Å²) in [6, 6.07) is 0. The van der Waals surface area contributed by atoms with E-state index in [0.717, 1.165) is 156 Å². The minimum absolute atomic E-state index is 0.0212. The van der Waals surface area contributed by atoms with Gasteiger partial charge >= 0.3 is 5.97 Å². The van der Waals surface area contributed by atoms with Crippen molar-refractivity contribution in [1.29, 1.82) is 0 Å². The summed E-state index contributed by atoms with van der Waals surface area (Å²) in [5, 5.41) is 41.8. The maximum absolute atomic E-state index is 12.7. The van der Waals surface area contributed by atoms with E-state index >= 15 is 0 Å². The summed E-state index contributed by atoms with van der Waals surface area (Å²) in [6.07, 6.45) is 121. The second kappa shape index (κ2) is 128. The van der Waals surface area contributed by atoms with Crippen LogP contribution in [0, 0.1) is 0 Å². The number of rotatable bonds is 120. The zero-order valence-electron chi connectivity index (χ0n) is 98.3. The van der Waals surface area contributed by atoms with Gasteiger partial charge in [-0.15, -0.1) is 0 Å². The molecule has 0 bridgehead atoms. The van der Waals surface area contributed by atoms with Crippen molar-refractivity contribution in [3.05, 3.63) is 0 Å². The van der Waals surface area contributed by atoms with Crippen LogP contribution in [0.4, 0.5) is 0 Å². The van der Waals surface area contributed by atoms with E-state index in [1.54, 1.807) is 0 Å². The molecule has 3 atom stereocenters. The van der Waals surface area contributed by atoms with Crippen LogP contribution in [-0.4, -0.2) is 189 Å². The topological polar surface area (TPSA) is 196 Å². The zero-order chi connectivity index (χ0) is 104. The van der Waals surface area contributed by atoms with E-state index in [-0.39, 0.29) is 30.0 Å². The van der Waals surface area contributed by atoms with E-state index in [9.17, 15) is 29.7 Å². The number of nitrogens with two attached hydrogens (primary N) is 1. The predicted octanol–water partition coefficient (Wildman–Crippen LogP) is 35.4. The highest BCUT2D eigenvalue weighted by molar-refractivity contribution is 5.76. The summed E-state index contributed by atoms with van der Waals surface area (Å²) in [5.74, 6) is 0.341. The third-order valence-corrected chi connectivity index (χ3v) is 30.1. The maximum atomic E-state index is 12.7. The molecule has 0 aliphatic heterocycles. The molecule has 0 fully saturated rings. The molecule has 2 amide bonds. The number of esters is 1. The molecule has 0 rings (SSSR count). The zero-order valence-corrected chi connectivity index (χ0v) is 98.3. The second-order valence-electron chi connectivity index (χ2n) is 44.7. The highest BCUT2D eigenvalue weighted by Crippen LogP contribution is 2.23. The van der Waals surface area contributed by atoms with Gasteiger partial charge in [-0.1, -0.05) is 563 Å². The Hall–Kier alpha value is -1.95. The van der Waals surface area contributed by atoms with Crippen LogP contribution in [0.5, 0.6) is 0 Å². The molecule has 142 heavy (non-hydrogen) atoms. The van der Waals surface area contributed by atoms with E-state index in [2.05, 4.69) is 90.9 Å². The molecular formula is C127H262N8O7. The molecule has 0 radical (unpaired) electrons. The molecule has 0 aromatic rings. The summed E-state index contributed by atoms with van der Waals surface area (Å²) in [4.78, 5) is 46.3. The summed E-state index contributed by atoms with van der Waals surface area (Å²) in [5.41, 5.74) is 5.82. The van der Waals surface area contributed by atoms with Gasteiger partial charge in [0.1, 0.15) is 0 Å². The summed E-state index contributed by atoms with van der Waals surface area (Å²) in [7, 11) is 0. The molecule has 3 unspecified atom stereocenters. The SMILES string of the molecule is CCCCCCCCCCCCCCNC(=O)CC.CCCCCCCCCCCCCCNC(=O)CCCCC(O)CN(CCCCCCCCCCCCCC)CCCCN(CCCCCCCCCCCCCC)CC(O)CNCC.CCCCCCCCCCCCCCOC(=O)CCN(CCCCCCCCCCCCCC)CCCCN(CCCCCCCCCCCCCC)CC(O)CN. The van der Waals surface area contributed by atoms with Crippen molar-refractivity contribution in [2.75, 3.05) is 118 Å². The standard InChI is InChI=1S/C58H120N4O3.C52H107N3O3.C17H35NO/c1-5-9-12-15-18-21-24-27-30-33-36-41-48-60-58(65)47-40-39-46-56(63)54-61(49-42-37-34-31-28-25-22-19-16-13-10-6-2)51-44-45-52-62(55-57(64)53-59-8-4)50-43-38-35-32-29-26-23-20-17-14-11-7-3;1-4-7-10-13-16-19-22-25-28-31-34-37-43-54(47-42-52(57)58-48-41-36-33-30-27-24-21-18-15-12-9-6-3)44-39-40-46-55(50-51(56)49-53)45-38-35-32-29-26-23-20-17-14-11-8-5-2;1-3-5-6-7-8-9-10-11-12-13-14-15-16-18-17(19)4-2/h56-57,59,63-64H,5-55H2,1-4H3,(H,60,65);51,56H,4-50,53H2,1-3H3;3-16H2,1-2H3,(H,18,19). The Labute approximate surface area is 890 Å².